The molecule has 0 amide bonds. The van der Waals surface area contributed by atoms with Gasteiger partial charge in [-0.3, -0.25) is 4.79 Å². The number of carbonyl (C=O) groups is 1. The molecule has 0 fully saturated rings. The molecule has 100 valence electrons. The number of nitrogens with one attached hydrogen (secondary N) is 1. The second-order valence-corrected chi connectivity index (χ2v) is 4.88. The fourth-order valence-electron chi connectivity index (χ4n) is 1.44. The number of rotatable bonds is 7. The van der Waals surface area contributed by atoms with Crippen molar-refractivity contribution in [3.63, 3.8) is 0 Å². The van der Waals surface area contributed by atoms with E-state index in [1.54, 1.807) is 13.8 Å². The second-order valence-electron chi connectivity index (χ2n) is 4.88. The summed E-state index contributed by atoms with van der Waals surface area (Å²) in [6.45, 7) is 6.51. The van der Waals surface area contributed by atoms with Gasteiger partial charge in [0.05, 0.1) is 6.61 Å². The number of carboxylic acids is 1. The second kappa shape index (κ2) is 6.40. The predicted octanol–water partition coefficient (Wildman–Crippen LogP) is 2.22. The van der Waals surface area contributed by atoms with Gasteiger partial charge in [-0.1, -0.05) is 12.1 Å². The lowest BCUT2D eigenvalue weighted by Gasteiger charge is -2.20. The largest absolute Gasteiger partial charge is 0.494 e. The highest BCUT2D eigenvalue weighted by Gasteiger charge is 2.25. The van der Waals surface area contributed by atoms with E-state index in [2.05, 4.69) is 5.32 Å². The zero-order chi connectivity index (χ0) is 13.6. The van der Waals surface area contributed by atoms with Gasteiger partial charge in [-0.15, -0.1) is 0 Å². The molecule has 0 unspecified atom stereocenters. The Morgan fingerprint density at radius 2 is 2.17 bits per heavy atom. The van der Waals surface area contributed by atoms with Gasteiger partial charge in [-0.25, -0.2) is 0 Å². The fraction of sp³-hybridized carbons (Fsp3) is 0.500. The summed E-state index contributed by atoms with van der Waals surface area (Å²) in [5.74, 6) is 0.00889. The van der Waals surface area contributed by atoms with Gasteiger partial charge in [0.15, 0.2) is 0 Å². The molecule has 0 saturated carbocycles. The summed E-state index contributed by atoms with van der Waals surface area (Å²) in [7, 11) is 0. The number of ether oxygens (including phenoxy) is 1. The van der Waals surface area contributed by atoms with Crippen LogP contribution in [0, 0.1) is 6.92 Å². The molecule has 0 spiro atoms. The minimum atomic E-state index is -0.886. The Kier molecular flexibility index (Phi) is 5.16. The van der Waals surface area contributed by atoms with Gasteiger partial charge in [0.2, 0.25) is 0 Å². The normalized spacial score (nSPS) is 11.3. The highest BCUT2D eigenvalue weighted by Crippen LogP contribution is 2.12. The van der Waals surface area contributed by atoms with Crippen molar-refractivity contribution in [1.82, 2.24) is 5.32 Å². The summed E-state index contributed by atoms with van der Waals surface area (Å²) in [5.41, 5.74) is 0.279. The molecule has 0 aliphatic rings. The standard InChI is InChI=1S/C14H21NO3/c1-11-6-4-7-12(10-11)18-9-5-8-15-14(2,3)13(16)17/h4,6-7,10,15H,5,8-9H2,1-3H3,(H,16,17). The lowest BCUT2D eigenvalue weighted by molar-refractivity contribution is -0.143. The van der Waals surface area contributed by atoms with Crippen LogP contribution in [0.4, 0.5) is 0 Å². The molecule has 0 aromatic heterocycles. The van der Waals surface area contributed by atoms with Gasteiger partial charge in [-0.2, -0.15) is 0 Å². The molecule has 0 bridgehead atoms. The number of hydrogen-bond acceptors (Lipinski definition) is 3. The van der Waals surface area contributed by atoms with E-state index in [-0.39, 0.29) is 0 Å². The first-order valence-electron chi connectivity index (χ1n) is 6.10. The van der Waals surface area contributed by atoms with Crippen LogP contribution in [0.5, 0.6) is 5.75 Å². The highest BCUT2D eigenvalue weighted by atomic mass is 16.5. The average Bonchev–Trinajstić information content (AvgIpc) is 2.28. The highest BCUT2D eigenvalue weighted by molar-refractivity contribution is 5.77. The van der Waals surface area contributed by atoms with Crippen molar-refractivity contribution < 1.29 is 14.6 Å². The van der Waals surface area contributed by atoms with E-state index in [0.29, 0.717) is 13.2 Å². The minimum absolute atomic E-state index is 0.576. The molecule has 1 aromatic carbocycles. The topological polar surface area (TPSA) is 58.6 Å². The summed E-state index contributed by atoms with van der Waals surface area (Å²) in [5, 5.41) is 11.9. The number of aliphatic carboxylic acids is 1. The molecule has 4 heteroatoms. The van der Waals surface area contributed by atoms with Crippen LogP contribution in [0.2, 0.25) is 0 Å². The molecule has 0 radical (unpaired) electrons. The Balaban J connectivity index is 2.22. The predicted molar refractivity (Wildman–Crippen MR) is 71.0 cm³/mol. The summed E-state index contributed by atoms with van der Waals surface area (Å²) < 4.78 is 5.57. The molecule has 0 atom stereocenters. The van der Waals surface area contributed by atoms with E-state index in [9.17, 15) is 4.79 Å². The Hall–Kier alpha value is -1.55. The Bertz CT molecular complexity index is 402. The van der Waals surface area contributed by atoms with E-state index >= 15 is 0 Å². The lowest BCUT2D eigenvalue weighted by atomic mass is 10.1. The van der Waals surface area contributed by atoms with Gasteiger partial charge in [-0.05, 0) is 51.4 Å². The lowest BCUT2D eigenvalue weighted by Crippen LogP contribution is -2.47. The Morgan fingerprint density at radius 3 is 2.78 bits per heavy atom. The van der Waals surface area contributed by atoms with Crippen molar-refractivity contribution in [3.05, 3.63) is 29.8 Å². The van der Waals surface area contributed by atoms with Crippen LogP contribution >= 0.6 is 0 Å². The Morgan fingerprint density at radius 1 is 1.44 bits per heavy atom. The average molecular weight is 251 g/mol. The van der Waals surface area contributed by atoms with E-state index in [0.717, 1.165) is 17.7 Å². The number of benzene rings is 1. The smallest absolute Gasteiger partial charge is 0.323 e. The minimum Gasteiger partial charge on any atom is -0.494 e. The van der Waals surface area contributed by atoms with Crippen molar-refractivity contribution in [3.8, 4) is 5.75 Å². The van der Waals surface area contributed by atoms with Crippen LogP contribution in [-0.2, 0) is 4.79 Å². The molecule has 0 aliphatic heterocycles. The molecule has 2 N–H and O–H groups in total. The summed E-state index contributed by atoms with van der Waals surface area (Å²) in [6.07, 6.45) is 0.769. The molecule has 18 heavy (non-hydrogen) atoms. The van der Waals surface area contributed by atoms with Gasteiger partial charge in [0.1, 0.15) is 11.3 Å². The maximum absolute atomic E-state index is 10.8. The number of aryl methyl sites for hydroxylation is 1. The molecule has 4 nitrogen and oxygen atoms in total. The van der Waals surface area contributed by atoms with E-state index in [1.165, 1.54) is 0 Å². The van der Waals surface area contributed by atoms with Crippen molar-refractivity contribution >= 4 is 5.97 Å². The van der Waals surface area contributed by atoms with Crippen LogP contribution in [0.3, 0.4) is 0 Å². The van der Waals surface area contributed by atoms with Gasteiger partial charge >= 0.3 is 5.97 Å². The molecule has 0 saturated heterocycles. The molecule has 1 rings (SSSR count). The quantitative estimate of drug-likeness (QED) is 0.729. The third kappa shape index (κ3) is 4.75. The summed E-state index contributed by atoms with van der Waals surface area (Å²) >= 11 is 0. The Labute approximate surface area is 108 Å². The molecular formula is C14H21NO3. The first-order chi connectivity index (χ1) is 8.42. The van der Waals surface area contributed by atoms with Crippen LogP contribution in [0.1, 0.15) is 25.8 Å². The number of carboxylic acid groups (broad SMARTS) is 1. The number of hydrogen-bond donors (Lipinski definition) is 2. The van der Waals surface area contributed by atoms with Crippen molar-refractivity contribution in [2.75, 3.05) is 13.2 Å². The van der Waals surface area contributed by atoms with Gasteiger partial charge in [0, 0.05) is 0 Å². The zero-order valence-corrected chi connectivity index (χ0v) is 11.2. The molecule has 1 aromatic rings. The zero-order valence-electron chi connectivity index (χ0n) is 11.2. The third-order valence-corrected chi connectivity index (χ3v) is 2.68. The van der Waals surface area contributed by atoms with Crippen LogP contribution in [0.25, 0.3) is 0 Å². The SMILES string of the molecule is Cc1cccc(OCCCNC(C)(C)C(=O)O)c1. The van der Waals surface area contributed by atoms with E-state index in [1.807, 2.05) is 31.2 Å². The first kappa shape index (κ1) is 14.5. The van der Waals surface area contributed by atoms with Gasteiger partial charge in [0.25, 0.3) is 0 Å². The van der Waals surface area contributed by atoms with E-state index < -0.39 is 11.5 Å². The van der Waals surface area contributed by atoms with Crippen molar-refractivity contribution in [2.24, 2.45) is 0 Å². The monoisotopic (exact) mass is 251 g/mol. The van der Waals surface area contributed by atoms with Crippen molar-refractivity contribution in [1.29, 1.82) is 0 Å². The molecule has 0 aliphatic carbocycles. The fourth-order valence-corrected chi connectivity index (χ4v) is 1.44. The summed E-state index contributed by atoms with van der Waals surface area (Å²) in [4.78, 5) is 10.8. The maximum Gasteiger partial charge on any atom is 0.323 e. The maximum atomic E-state index is 10.8. The van der Waals surface area contributed by atoms with Crippen LogP contribution in [-0.4, -0.2) is 29.8 Å². The van der Waals surface area contributed by atoms with Gasteiger partial charge < -0.3 is 15.2 Å². The van der Waals surface area contributed by atoms with Crippen LogP contribution in [0.15, 0.2) is 24.3 Å². The third-order valence-electron chi connectivity index (χ3n) is 2.68. The summed E-state index contributed by atoms with van der Waals surface area (Å²) in [6, 6.07) is 7.87. The van der Waals surface area contributed by atoms with E-state index in [4.69, 9.17) is 9.84 Å². The first-order valence-corrected chi connectivity index (χ1v) is 6.10. The molecular weight excluding hydrogens is 230 g/mol. The molecule has 0 heterocycles. The van der Waals surface area contributed by atoms with Crippen LogP contribution < -0.4 is 10.1 Å². The van der Waals surface area contributed by atoms with Crippen molar-refractivity contribution in [2.45, 2.75) is 32.7 Å².